The van der Waals surface area contributed by atoms with E-state index in [4.69, 9.17) is 0 Å². The van der Waals surface area contributed by atoms with Crippen LogP contribution in [0.15, 0.2) is 23.3 Å². The van der Waals surface area contributed by atoms with Crippen LogP contribution in [0.4, 0.5) is 11.6 Å². The Morgan fingerprint density at radius 1 is 1.30 bits per heavy atom. The van der Waals surface area contributed by atoms with E-state index in [-0.39, 0.29) is 5.91 Å². The third-order valence-electron chi connectivity index (χ3n) is 3.90. The van der Waals surface area contributed by atoms with Crippen molar-refractivity contribution < 1.29 is 4.79 Å². The molecule has 122 valence electrons. The number of likely N-dealkylation sites (tertiary alicyclic amines) is 1. The number of aromatic nitrogens is 3. The van der Waals surface area contributed by atoms with Gasteiger partial charge in [0, 0.05) is 44.7 Å². The van der Waals surface area contributed by atoms with Gasteiger partial charge in [-0.15, -0.1) is 11.3 Å². The van der Waals surface area contributed by atoms with E-state index in [0.29, 0.717) is 11.7 Å². The largest absolute Gasteiger partial charge is 0.367 e. The summed E-state index contributed by atoms with van der Waals surface area (Å²) >= 11 is 1.45. The van der Waals surface area contributed by atoms with Gasteiger partial charge in [0.05, 0.1) is 5.51 Å². The molecule has 8 heteroatoms. The average molecular weight is 332 g/mol. The standard InChI is InChI=1S/C15H20N6OS/c1-20(2)14-7-13(16-9-17-14)19-11-3-5-21(6-4-11)15(22)12-8-23-10-18-12/h7-11H,3-6H2,1-2H3,(H,16,17,19). The highest BCUT2D eigenvalue weighted by Gasteiger charge is 2.24. The lowest BCUT2D eigenvalue weighted by atomic mass is 10.0. The van der Waals surface area contributed by atoms with Gasteiger partial charge in [-0.05, 0) is 12.8 Å². The molecule has 0 spiro atoms. The van der Waals surface area contributed by atoms with Gasteiger partial charge in [-0.25, -0.2) is 15.0 Å². The molecule has 0 unspecified atom stereocenters. The number of nitrogens with one attached hydrogen (secondary N) is 1. The fourth-order valence-electron chi connectivity index (χ4n) is 2.59. The van der Waals surface area contributed by atoms with Gasteiger partial charge in [0.15, 0.2) is 0 Å². The van der Waals surface area contributed by atoms with Crippen molar-refractivity contribution in [3.63, 3.8) is 0 Å². The first kappa shape index (κ1) is 15.7. The molecule has 2 aromatic heterocycles. The SMILES string of the molecule is CN(C)c1cc(NC2CCN(C(=O)c3cscn3)CC2)ncn1. The third-order valence-corrected chi connectivity index (χ3v) is 4.48. The Balaban J connectivity index is 1.55. The molecule has 1 amide bonds. The summed E-state index contributed by atoms with van der Waals surface area (Å²) in [5, 5.41) is 5.24. The molecule has 3 heterocycles. The Morgan fingerprint density at radius 3 is 2.74 bits per heavy atom. The number of thiazole rings is 1. The number of hydrogen-bond acceptors (Lipinski definition) is 7. The van der Waals surface area contributed by atoms with Gasteiger partial charge in [-0.3, -0.25) is 4.79 Å². The van der Waals surface area contributed by atoms with E-state index in [2.05, 4.69) is 20.3 Å². The zero-order valence-corrected chi connectivity index (χ0v) is 14.1. The molecule has 0 aliphatic carbocycles. The van der Waals surface area contributed by atoms with Gasteiger partial charge in [0.2, 0.25) is 0 Å². The van der Waals surface area contributed by atoms with E-state index < -0.39 is 0 Å². The highest BCUT2D eigenvalue weighted by atomic mass is 32.1. The molecule has 3 rings (SSSR count). The minimum atomic E-state index is 0.0293. The van der Waals surface area contributed by atoms with Gasteiger partial charge < -0.3 is 15.1 Å². The van der Waals surface area contributed by atoms with Gasteiger partial charge in [-0.2, -0.15) is 0 Å². The van der Waals surface area contributed by atoms with Crippen LogP contribution in [0.2, 0.25) is 0 Å². The highest BCUT2D eigenvalue weighted by Crippen LogP contribution is 2.19. The van der Waals surface area contributed by atoms with Crippen molar-refractivity contribution in [3.8, 4) is 0 Å². The Kier molecular flexibility index (Phi) is 4.71. The zero-order valence-electron chi connectivity index (χ0n) is 13.3. The number of carbonyl (C=O) groups is 1. The molecule has 23 heavy (non-hydrogen) atoms. The number of amides is 1. The lowest BCUT2D eigenvalue weighted by Gasteiger charge is -2.32. The third kappa shape index (κ3) is 3.76. The fourth-order valence-corrected chi connectivity index (χ4v) is 3.11. The summed E-state index contributed by atoms with van der Waals surface area (Å²) in [6.07, 6.45) is 3.37. The zero-order chi connectivity index (χ0) is 16.2. The van der Waals surface area contributed by atoms with E-state index in [0.717, 1.165) is 37.6 Å². The van der Waals surface area contributed by atoms with Crippen molar-refractivity contribution >= 4 is 28.9 Å². The lowest BCUT2D eigenvalue weighted by molar-refractivity contribution is 0.0713. The average Bonchev–Trinajstić information content (AvgIpc) is 3.09. The minimum Gasteiger partial charge on any atom is -0.367 e. The van der Waals surface area contributed by atoms with E-state index in [1.54, 1.807) is 17.2 Å². The monoisotopic (exact) mass is 332 g/mol. The number of nitrogens with zero attached hydrogens (tertiary/aromatic N) is 5. The Labute approximate surface area is 139 Å². The van der Waals surface area contributed by atoms with Crippen LogP contribution in [0.25, 0.3) is 0 Å². The Morgan fingerprint density at radius 2 is 2.09 bits per heavy atom. The Bertz CT molecular complexity index is 652. The summed E-state index contributed by atoms with van der Waals surface area (Å²) in [6.45, 7) is 1.47. The highest BCUT2D eigenvalue weighted by molar-refractivity contribution is 7.07. The van der Waals surface area contributed by atoms with Crippen LogP contribution in [-0.4, -0.2) is 59.0 Å². The van der Waals surface area contributed by atoms with Crippen LogP contribution in [0, 0.1) is 0 Å². The molecule has 0 aromatic carbocycles. The van der Waals surface area contributed by atoms with Crippen LogP contribution in [-0.2, 0) is 0 Å². The summed E-state index contributed by atoms with van der Waals surface area (Å²) in [7, 11) is 3.91. The molecule has 7 nitrogen and oxygen atoms in total. The molecule has 1 aliphatic heterocycles. The molecule has 0 radical (unpaired) electrons. The number of anilines is 2. The predicted octanol–water partition coefficient (Wildman–Crippen LogP) is 1.72. The number of piperidine rings is 1. The maximum Gasteiger partial charge on any atom is 0.273 e. The first-order chi connectivity index (χ1) is 11.1. The second-order valence-corrected chi connectivity index (χ2v) is 6.46. The van der Waals surface area contributed by atoms with Crippen LogP contribution in [0.5, 0.6) is 0 Å². The van der Waals surface area contributed by atoms with Gasteiger partial charge in [-0.1, -0.05) is 0 Å². The number of hydrogen-bond donors (Lipinski definition) is 1. The van der Waals surface area contributed by atoms with E-state index in [1.165, 1.54) is 11.3 Å². The van der Waals surface area contributed by atoms with Crippen molar-refractivity contribution in [2.75, 3.05) is 37.4 Å². The maximum absolute atomic E-state index is 12.3. The van der Waals surface area contributed by atoms with E-state index >= 15 is 0 Å². The van der Waals surface area contributed by atoms with Crippen molar-refractivity contribution in [3.05, 3.63) is 29.0 Å². The van der Waals surface area contributed by atoms with Crippen LogP contribution >= 0.6 is 11.3 Å². The molecule has 0 saturated carbocycles. The van der Waals surface area contributed by atoms with Crippen molar-refractivity contribution in [2.45, 2.75) is 18.9 Å². The quantitative estimate of drug-likeness (QED) is 0.919. The van der Waals surface area contributed by atoms with E-state index in [1.807, 2.05) is 30.0 Å². The normalized spacial score (nSPS) is 15.5. The molecule has 1 saturated heterocycles. The second-order valence-electron chi connectivity index (χ2n) is 5.74. The number of rotatable bonds is 4. The summed E-state index contributed by atoms with van der Waals surface area (Å²) in [5.41, 5.74) is 2.24. The fraction of sp³-hybridized carbons (Fsp3) is 0.467. The lowest BCUT2D eigenvalue weighted by Crippen LogP contribution is -2.42. The molecular weight excluding hydrogens is 312 g/mol. The summed E-state index contributed by atoms with van der Waals surface area (Å²) in [6, 6.07) is 2.26. The minimum absolute atomic E-state index is 0.0293. The molecule has 0 bridgehead atoms. The first-order valence-corrected chi connectivity index (χ1v) is 8.51. The molecule has 1 N–H and O–H groups in total. The van der Waals surface area contributed by atoms with E-state index in [9.17, 15) is 4.79 Å². The van der Waals surface area contributed by atoms with Crippen molar-refractivity contribution in [2.24, 2.45) is 0 Å². The van der Waals surface area contributed by atoms with Gasteiger partial charge in [0.1, 0.15) is 23.7 Å². The molecule has 1 aliphatic rings. The summed E-state index contributed by atoms with van der Waals surface area (Å²) in [4.78, 5) is 28.7. The molecule has 1 fully saturated rings. The maximum atomic E-state index is 12.3. The predicted molar refractivity (Wildman–Crippen MR) is 91.0 cm³/mol. The number of carbonyl (C=O) groups excluding carboxylic acids is 1. The van der Waals surface area contributed by atoms with Crippen molar-refractivity contribution in [1.29, 1.82) is 0 Å². The summed E-state index contributed by atoms with van der Waals surface area (Å²) < 4.78 is 0. The summed E-state index contributed by atoms with van der Waals surface area (Å²) in [5.74, 6) is 1.73. The first-order valence-electron chi connectivity index (χ1n) is 7.57. The molecule has 2 aromatic rings. The molecular formula is C15H20N6OS. The topological polar surface area (TPSA) is 74.2 Å². The van der Waals surface area contributed by atoms with Crippen LogP contribution in [0.3, 0.4) is 0 Å². The second kappa shape index (κ2) is 6.91. The molecule has 0 atom stereocenters. The van der Waals surface area contributed by atoms with Gasteiger partial charge >= 0.3 is 0 Å². The van der Waals surface area contributed by atoms with Crippen molar-refractivity contribution in [1.82, 2.24) is 19.9 Å². The Hall–Kier alpha value is -2.22. The van der Waals surface area contributed by atoms with Crippen LogP contribution in [0.1, 0.15) is 23.3 Å². The van der Waals surface area contributed by atoms with Gasteiger partial charge in [0.25, 0.3) is 5.91 Å². The van der Waals surface area contributed by atoms with Crippen LogP contribution < -0.4 is 10.2 Å². The smallest absolute Gasteiger partial charge is 0.273 e.